The number of allylic oxidation sites excluding steroid dienone is 2. The van der Waals surface area contributed by atoms with Crippen LogP contribution in [0.1, 0.15) is 26.7 Å². The number of hydrogen-bond acceptors (Lipinski definition) is 4. The maximum Gasteiger partial charge on any atom is 0.241 e. The van der Waals surface area contributed by atoms with Gasteiger partial charge in [0.2, 0.25) is 10.0 Å². The van der Waals surface area contributed by atoms with Gasteiger partial charge in [-0.2, -0.15) is 5.26 Å². The average Bonchev–Trinajstić information content (AvgIpc) is 2.55. The van der Waals surface area contributed by atoms with Gasteiger partial charge in [0.05, 0.1) is 22.9 Å². The number of nitrogens with zero attached hydrogens (tertiary/aromatic N) is 2. The lowest BCUT2D eigenvalue weighted by molar-refractivity contribution is 0.330. The summed E-state index contributed by atoms with van der Waals surface area (Å²) in [5, 5.41) is 8.79. The molecule has 1 aromatic rings. The first-order chi connectivity index (χ1) is 11.4. The predicted molar refractivity (Wildman–Crippen MR) is 94.5 cm³/mol. The highest BCUT2D eigenvalue weighted by Gasteiger charge is 2.31. The van der Waals surface area contributed by atoms with Crippen molar-refractivity contribution in [2.24, 2.45) is 0 Å². The van der Waals surface area contributed by atoms with Gasteiger partial charge in [-0.15, -0.1) is 0 Å². The van der Waals surface area contributed by atoms with E-state index in [4.69, 9.17) is 5.26 Å². The Balaban J connectivity index is 2.16. The highest BCUT2D eigenvalue weighted by molar-refractivity contribution is 7.89. The summed E-state index contributed by atoms with van der Waals surface area (Å²) in [7, 11) is -3.59. The Morgan fingerprint density at radius 2 is 2.04 bits per heavy atom. The van der Waals surface area contributed by atoms with Gasteiger partial charge in [-0.3, -0.25) is 0 Å². The number of hydrogen-bond donors (Lipinski definition) is 1. The molecule has 1 aromatic carbocycles. The maximum atomic E-state index is 12.6. The Morgan fingerprint density at radius 3 is 2.67 bits per heavy atom. The second kappa shape index (κ2) is 7.65. The summed E-state index contributed by atoms with van der Waals surface area (Å²) < 4.78 is 28.0. The second-order valence-electron chi connectivity index (χ2n) is 6.02. The zero-order valence-electron chi connectivity index (χ0n) is 14.1. The van der Waals surface area contributed by atoms with Crippen LogP contribution in [0, 0.1) is 11.3 Å². The van der Waals surface area contributed by atoms with Crippen LogP contribution in [0.4, 0.5) is 0 Å². The van der Waals surface area contributed by atoms with Crippen LogP contribution in [0.25, 0.3) is 0 Å². The number of nitriles is 1. The van der Waals surface area contributed by atoms with Gasteiger partial charge < -0.3 is 4.90 Å². The maximum absolute atomic E-state index is 12.6. The molecule has 5 nitrogen and oxygen atoms in total. The summed E-state index contributed by atoms with van der Waals surface area (Å²) in [4.78, 5) is 2.37. The lowest BCUT2D eigenvalue weighted by Gasteiger charge is -2.35. The van der Waals surface area contributed by atoms with E-state index in [9.17, 15) is 8.42 Å². The van der Waals surface area contributed by atoms with E-state index in [-0.39, 0.29) is 4.90 Å². The van der Waals surface area contributed by atoms with Crippen LogP contribution < -0.4 is 4.72 Å². The third kappa shape index (κ3) is 4.47. The van der Waals surface area contributed by atoms with Crippen molar-refractivity contribution in [3.05, 3.63) is 54.3 Å². The van der Waals surface area contributed by atoms with Crippen LogP contribution in [0.2, 0.25) is 0 Å². The number of benzene rings is 1. The normalized spacial score (nSPS) is 20.3. The summed E-state index contributed by atoms with van der Waals surface area (Å²) in [6.07, 6.45) is 6.73. The van der Waals surface area contributed by atoms with E-state index >= 15 is 0 Å². The average molecular weight is 345 g/mol. The molecule has 1 N–H and O–H groups in total. The molecule has 1 aliphatic carbocycles. The summed E-state index contributed by atoms with van der Waals surface area (Å²) in [5.74, 6) is 0. The third-order valence-electron chi connectivity index (χ3n) is 4.00. The topological polar surface area (TPSA) is 73.2 Å². The lowest BCUT2D eigenvalue weighted by atomic mass is 9.92. The minimum atomic E-state index is -3.59. The number of sulfonamides is 1. The monoisotopic (exact) mass is 345 g/mol. The molecule has 0 radical (unpaired) electrons. The highest BCUT2D eigenvalue weighted by atomic mass is 32.2. The van der Waals surface area contributed by atoms with Crippen molar-refractivity contribution in [3.63, 3.8) is 0 Å². The molecule has 1 atom stereocenters. The Bertz CT molecular complexity index is 763. The fraction of sp³-hybridized carbons (Fsp3) is 0.389. The zero-order valence-corrected chi connectivity index (χ0v) is 14.9. The molecular formula is C18H23N3O2S. The number of nitrogens with one attached hydrogen (secondary N) is 1. The standard InChI is InChI=1S/C18H23N3O2S/c1-3-21(14-8-13-19)16-9-7-12-18(2,15-16)20-24(22,23)17-10-5-4-6-11-17/h4-7,9-12,20H,3,8,14-15H2,1-2H3. The van der Waals surface area contributed by atoms with Crippen molar-refractivity contribution in [2.45, 2.75) is 37.1 Å². The van der Waals surface area contributed by atoms with Crippen LogP contribution in [0.5, 0.6) is 0 Å². The van der Waals surface area contributed by atoms with Gasteiger partial charge in [-0.05, 0) is 32.1 Å². The summed E-state index contributed by atoms with van der Waals surface area (Å²) in [6, 6.07) is 10.5. The van der Waals surface area contributed by atoms with Gasteiger partial charge in [0.25, 0.3) is 0 Å². The minimum Gasteiger partial charge on any atom is -0.374 e. The Kier molecular flexibility index (Phi) is 5.81. The van der Waals surface area contributed by atoms with Crippen molar-refractivity contribution in [3.8, 4) is 6.07 Å². The van der Waals surface area contributed by atoms with E-state index in [1.807, 2.05) is 32.1 Å². The van der Waals surface area contributed by atoms with E-state index in [0.717, 1.165) is 12.2 Å². The first-order valence-electron chi connectivity index (χ1n) is 7.99. The van der Waals surface area contributed by atoms with E-state index in [1.165, 1.54) is 0 Å². The van der Waals surface area contributed by atoms with Crippen molar-refractivity contribution in [1.29, 1.82) is 5.26 Å². The predicted octanol–water partition coefficient (Wildman–Crippen LogP) is 2.80. The molecule has 0 spiro atoms. The Morgan fingerprint density at radius 1 is 1.33 bits per heavy atom. The molecule has 0 saturated carbocycles. The molecule has 0 aliphatic heterocycles. The van der Waals surface area contributed by atoms with Crippen LogP contribution in [-0.2, 0) is 10.0 Å². The molecule has 1 unspecified atom stereocenters. The van der Waals surface area contributed by atoms with Crippen molar-refractivity contribution >= 4 is 10.0 Å². The largest absolute Gasteiger partial charge is 0.374 e. The first-order valence-corrected chi connectivity index (χ1v) is 9.48. The number of rotatable bonds is 7. The van der Waals surface area contributed by atoms with Crippen molar-refractivity contribution < 1.29 is 8.42 Å². The van der Waals surface area contributed by atoms with Gasteiger partial charge in [0.15, 0.2) is 0 Å². The van der Waals surface area contributed by atoms with Gasteiger partial charge in [0.1, 0.15) is 0 Å². The second-order valence-corrected chi connectivity index (χ2v) is 7.70. The molecule has 0 saturated heterocycles. The molecule has 128 valence electrons. The zero-order chi connectivity index (χ0) is 17.6. The smallest absolute Gasteiger partial charge is 0.241 e. The molecule has 0 bridgehead atoms. The van der Waals surface area contributed by atoms with E-state index < -0.39 is 15.6 Å². The molecule has 0 amide bonds. The fourth-order valence-corrected chi connectivity index (χ4v) is 4.20. The van der Waals surface area contributed by atoms with E-state index in [2.05, 4.69) is 15.7 Å². The quantitative estimate of drug-likeness (QED) is 0.825. The van der Waals surface area contributed by atoms with Crippen molar-refractivity contribution in [2.75, 3.05) is 13.1 Å². The SMILES string of the molecule is CCN(CCC#N)C1=CC=CC(C)(NS(=O)(=O)c2ccccc2)C1. The van der Waals surface area contributed by atoms with Crippen LogP contribution in [0.3, 0.4) is 0 Å². The molecule has 2 rings (SSSR count). The Labute approximate surface area is 144 Å². The highest BCUT2D eigenvalue weighted by Crippen LogP contribution is 2.27. The fourth-order valence-electron chi connectivity index (χ4n) is 2.81. The molecule has 6 heteroatoms. The molecule has 24 heavy (non-hydrogen) atoms. The van der Waals surface area contributed by atoms with Gasteiger partial charge in [-0.1, -0.05) is 30.4 Å². The van der Waals surface area contributed by atoms with Gasteiger partial charge in [0, 0.05) is 25.2 Å². The first kappa shape index (κ1) is 18.2. The van der Waals surface area contributed by atoms with Crippen LogP contribution in [0.15, 0.2) is 59.2 Å². The van der Waals surface area contributed by atoms with Gasteiger partial charge >= 0.3 is 0 Å². The molecule has 0 heterocycles. The van der Waals surface area contributed by atoms with Crippen LogP contribution in [-0.4, -0.2) is 31.9 Å². The Hall–Kier alpha value is -2.10. The summed E-state index contributed by atoms with van der Waals surface area (Å²) in [6.45, 7) is 5.33. The minimum absolute atomic E-state index is 0.257. The summed E-state index contributed by atoms with van der Waals surface area (Å²) in [5.41, 5.74) is 0.340. The molecular weight excluding hydrogens is 322 g/mol. The summed E-state index contributed by atoms with van der Waals surface area (Å²) >= 11 is 0. The molecule has 0 aromatic heterocycles. The lowest BCUT2D eigenvalue weighted by Crippen LogP contribution is -2.46. The van der Waals surface area contributed by atoms with Crippen LogP contribution >= 0.6 is 0 Å². The molecule has 1 aliphatic rings. The van der Waals surface area contributed by atoms with Crippen molar-refractivity contribution in [1.82, 2.24) is 9.62 Å². The molecule has 0 fully saturated rings. The van der Waals surface area contributed by atoms with E-state index in [1.54, 1.807) is 30.3 Å². The van der Waals surface area contributed by atoms with E-state index in [0.29, 0.717) is 19.4 Å². The van der Waals surface area contributed by atoms with Gasteiger partial charge in [-0.25, -0.2) is 13.1 Å². The third-order valence-corrected chi connectivity index (χ3v) is 5.63.